The summed E-state index contributed by atoms with van der Waals surface area (Å²) in [6.45, 7) is 16.3. The summed E-state index contributed by atoms with van der Waals surface area (Å²) in [7, 11) is 0. The average molecular weight is 1750 g/mol. The Morgan fingerprint density at radius 2 is 0.656 bits per heavy atom. The van der Waals surface area contributed by atoms with Crippen LogP contribution in [0.3, 0.4) is 0 Å². The number of fused-ring (bicyclic) bond motifs is 2. The third kappa shape index (κ3) is 25.0. The lowest BCUT2D eigenvalue weighted by atomic mass is 9.95. The number of amides is 4. The van der Waals surface area contributed by atoms with Crippen molar-refractivity contribution in [3.63, 3.8) is 0 Å². The number of rotatable bonds is 28. The van der Waals surface area contributed by atoms with E-state index in [0.717, 1.165) is 123 Å². The number of aromatic nitrogens is 8. The third-order valence-electron chi connectivity index (χ3n) is 18.0. The monoisotopic (exact) mass is 1750 g/mol. The van der Waals surface area contributed by atoms with Crippen molar-refractivity contribution in [3.05, 3.63) is 60.7 Å². The number of benzene rings is 2. The zero-order valence-corrected chi connectivity index (χ0v) is 70.3. The van der Waals surface area contributed by atoms with Gasteiger partial charge in [-0.15, -0.1) is 10.2 Å². The van der Waals surface area contributed by atoms with Crippen LogP contribution >= 0.6 is 23.5 Å². The lowest BCUT2D eigenvalue weighted by molar-refractivity contribution is -0.240. The number of ether oxygens (including phenoxy) is 16. The first-order valence-electron chi connectivity index (χ1n) is 37.7. The molecule has 6 aromatic rings. The maximum atomic E-state index is 12.9. The highest BCUT2D eigenvalue weighted by Crippen LogP contribution is 2.43. The molecule has 0 radical (unpaired) electrons. The Bertz CT molecular complexity index is 4850. The molecule has 0 unspecified atom stereocenters. The SMILES string of the molecule is CC(=O)N[C@@H]1[C@@H](OC(C)=O)[C@H](OC(C)=O)[C@@H](COC(C)=O)O[C@H]1n1nc(-c2cc3ccccc3[nH]2)nc1S[C@@H]1O[C@H](COC(C)=O)[C@@H](OC(C)=O)[C@H](OC(C)=O)[C@H]1NC(C)=O.CC(=O)N[C@@H]1[C@@H](OC(C)=O)[C@H](OC(C)=O)[C@@H](COC(C)=O)O[C@H]1n1nc(S[C@@H]2O[C@H](COC(C)=O)[C@@H](OC(C)=O)[C@H](OC(C)=O)[C@H]2NC(C)=O)nc1-c1cc2ccccc2[nH]1. The molecule has 46 heteroatoms. The second-order valence-corrected chi connectivity index (χ2v) is 30.2. The first-order chi connectivity index (χ1) is 57.6. The molecule has 0 spiro atoms. The van der Waals surface area contributed by atoms with E-state index in [1.807, 2.05) is 48.5 Å². The molecule has 2 aromatic carbocycles. The summed E-state index contributed by atoms with van der Waals surface area (Å²) < 4.78 is 94.3. The normalized spacial score (nSPS) is 26.0. The van der Waals surface area contributed by atoms with Gasteiger partial charge in [0, 0.05) is 133 Å². The van der Waals surface area contributed by atoms with Crippen molar-refractivity contribution in [1.82, 2.24) is 60.8 Å². The van der Waals surface area contributed by atoms with E-state index in [2.05, 4.69) is 31.2 Å². The van der Waals surface area contributed by atoms with Crippen LogP contribution in [0.25, 0.3) is 44.8 Å². The van der Waals surface area contributed by atoms with Crippen LogP contribution in [0.15, 0.2) is 71.0 Å². The van der Waals surface area contributed by atoms with Gasteiger partial charge in [0.15, 0.2) is 78.1 Å². The van der Waals surface area contributed by atoms with Crippen LogP contribution in [-0.4, -0.2) is 269 Å². The Balaban J connectivity index is 0.000000277. The number of thioether (sulfide) groups is 2. The first-order valence-corrected chi connectivity index (χ1v) is 39.4. The Labute approximate surface area is 702 Å². The second-order valence-electron chi connectivity index (χ2n) is 28.0. The highest BCUT2D eigenvalue weighted by atomic mass is 32.2. The summed E-state index contributed by atoms with van der Waals surface area (Å²) >= 11 is 1.63. The highest BCUT2D eigenvalue weighted by molar-refractivity contribution is 7.99. The van der Waals surface area contributed by atoms with Crippen molar-refractivity contribution in [2.75, 3.05) is 26.4 Å². The Kier molecular flexibility index (Phi) is 32.2. The molecule has 4 amide bonds. The number of para-hydroxylation sites is 2. The Morgan fingerprint density at radius 3 is 1.00 bits per heavy atom. The summed E-state index contributed by atoms with van der Waals surface area (Å²) in [4.78, 5) is 215. The molecule has 0 aliphatic carbocycles. The maximum absolute atomic E-state index is 12.9. The predicted octanol–water partition coefficient (Wildman–Crippen LogP) is 2.01. The number of nitrogens with zero attached hydrogens (tertiary/aromatic N) is 6. The number of nitrogens with one attached hydrogen (secondary N) is 6. The van der Waals surface area contributed by atoms with E-state index >= 15 is 0 Å². The van der Waals surface area contributed by atoms with Crippen LogP contribution < -0.4 is 21.3 Å². The number of carbonyl (C=O) groups is 16. The lowest BCUT2D eigenvalue weighted by Crippen LogP contribution is -2.65. The number of carbonyl (C=O) groups excluding carboxylic acids is 16. The molecule has 20 atom stereocenters. The molecule has 122 heavy (non-hydrogen) atoms. The molecule has 6 N–H and O–H groups in total. The number of hydrogen-bond acceptors (Lipinski definition) is 38. The fourth-order valence-electron chi connectivity index (χ4n) is 13.8. The van der Waals surface area contributed by atoms with Gasteiger partial charge in [-0.05, 0) is 24.3 Å². The van der Waals surface area contributed by atoms with E-state index in [1.165, 1.54) is 37.1 Å². The molecular weight excluding hydrogens is 1660 g/mol. The average Bonchev–Trinajstić information content (AvgIpc) is 1.55. The van der Waals surface area contributed by atoms with Crippen LogP contribution in [0.1, 0.15) is 123 Å². The summed E-state index contributed by atoms with van der Waals surface area (Å²) in [5, 5.41) is 21.8. The standard InChI is InChI=1S/2C38H46N6O16S/c1-16(45)39-29-33(57-22(7)51)31(55-20(5)49)27(14-53-18(3)47)59-36(29)44-35(26-13-24-11-9-10-12-25(24)41-26)42-38(43-44)61-37-30(40-17(2)46)34(58-23(8)52)32(56-21(6)50)28(60-37)15-54-19(4)48;1-16(45)39-29-33(57-22(7)51)31(55-20(5)49)27(14-53-18(3)47)59-36(29)44-38(42-35(43-44)26-13-24-11-9-10-12-25(24)41-26)61-37-30(40-17(2)46)34(58-23(8)52)32(56-21(6)50)28(60-37)15-54-19(4)48/h2*9-13,27-34,36-37,41H,14-15H2,1-8H3,(H,39,45)(H,40,46)/t2*27-,28-,29-,30-,31-,32-,33-,34-,36-,37+/m11/s1. The van der Waals surface area contributed by atoms with Gasteiger partial charge in [0.1, 0.15) is 85.9 Å². The minimum absolute atomic E-state index is 0.0492. The zero-order valence-electron chi connectivity index (χ0n) is 68.7. The van der Waals surface area contributed by atoms with Gasteiger partial charge in [0.25, 0.3) is 0 Å². The smallest absolute Gasteiger partial charge is 0.303 e. The molecule has 4 fully saturated rings. The van der Waals surface area contributed by atoms with E-state index in [1.54, 1.807) is 12.1 Å². The predicted molar refractivity (Wildman–Crippen MR) is 413 cm³/mol. The minimum atomic E-state index is -1.49. The molecule has 0 saturated carbocycles. The topological polar surface area (TPSA) is 562 Å². The minimum Gasteiger partial charge on any atom is -0.463 e. The molecule has 44 nitrogen and oxygen atoms in total. The molecule has 4 aliphatic heterocycles. The van der Waals surface area contributed by atoms with Gasteiger partial charge in [-0.1, -0.05) is 59.9 Å². The van der Waals surface area contributed by atoms with Gasteiger partial charge in [-0.2, -0.15) is 9.97 Å². The molecule has 8 heterocycles. The van der Waals surface area contributed by atoms with Crippen LogP contribution in [0.5, 0.6) is 0 Å². The van der Waals surface area contributed by atoms with Gasteiger partial charge in [-0.3, -0.25) is 76.7 Å². The largest absolute Gasteiger partial charge is 0.463 e. The lowest BCUT2D eigenvalue weighted by Gasteiger charge is -2.46. The quantitative estimate of drug-likeness (QED) is 0.0302. The summed E-state index contributed by atoms with van der Waals surface area (Å²) in [5.41, 5.74) is -0.356. The van der Waals surface area contributed by atoms with Crippen molar-refractivity contribution in [2.24, 2.45) is 0 Å². The molecule has 4 aliphatic rings. The van der Waals surface area contributed by atoms with Crippen LogP contribution in [-0.2, 0) is 153 Å². The fraction of sp³-hybridized carbons (Fsp3) is 0.526. The Morgan fingerprint density at radius 1 is 0.352 bits per heavy atom. The van der Waals surface area contributed by atoms with Crippen LogP contribution in [0.4, 0.5) is 0 Å². The van der Waals surface area contributed by atoms with E-state index in [0.29, 0.717) is 16.9 Å². The van der Waals surface area contributed by atoms with Gasteiger partial charge >= 0.3 is 71.6 Å². The number of aromatic amines is 2. The number of hydrogen-bond donors (Lipinski definition) is 6. The Hall–Kier alpha value is -12.1. The van der Waals surface area contributed by atoms with Crippen molar-refractivity contribution in [3.8, 4) is 23.0 Å². The molecule has 4 saturated heterocycles. The highest BCUT2D eigenvalue weighted by Gasteiger charge is 2.58. The maximum Gasteiger partial charge on any atom is 0.303 e. The number of esters is 12. The molecule has 660 valence electrons. The van der Waals surface area contributed by atoms with E-state index in [9.17, 15) is 76.7 Å². The summed E-state index contributed by atoms with van der Waals surface area (Å²) in [6.07, 6.45) is -19.5. The third-order valence-corrected chi connectivity index (χ3v) is 20.1. The number of H-pyrrole nitrogens is 2. The fourth-order valence-corrected chi connectivity index (χ4v) is 16.0. The van der Waals surface area contributed by atoms with Gasteiger partial charge < -0.3 is 107 Å². The van der Waals surface area contributed by atoms with Gasteiger partial charge in [-0.25, -0.2) is 9.36 Å². The van der Waals surface area contributed by atoms with E-state index < -0.39 is 242 Å². The van der Waals surface area contributed by atoms with E-state index in [4.69, 9.17) is 96.0 Å². The summed E-state index contributed by atoms with van der Waals surface area (Å²) in [6, 6.07) is 12.9. The van der Waals surface area contributed by atoms with Crippen molar-refractivity contribution in [1.29, 1.82) is 0 Å². The first kappa shape index (κ1) is 93.7. The molecule has 4 aromatic heterocycles. The van der Waals surface area contributed by atoms with Crippen molar-refractivity contribution >= 4 is 141 Å². The molecule has 0 bridgehead atoms. The van der Waals surface area contributed by atoms with Crippen LogP contribution in [0.2, 0.25) is 0 Å². The zero-order chi connectivity index (χ0) is 89.4. The van der Waals surface area contributed by atoms with E-state index in [-0.39, 0.29) is 22.0 Å². The van der Waals surface area contributed by atoms with Gasteiger partial charge in [0.2, 0.25) is 28.8 Å². The molecular formula is C76H92N12O32S2. The van der Waals surface area contributed by atoms with Crippen molar-refractivity contribution in [2.45, 2.75) is 242 Å². The molecule has 10 rings (SSSR count). The summed E-state index contributed by atoms with van der Waals surface area (Å²) in [5.74, 6) is -11.6. The second kappa shape index (κ2) is 41.9. The van der Waals surface area contributed by atoms with Crippen molar-refractivity contribution < 1.29 is 153 Å². The van der Waals surface area contributed by atoms with Gasteiger partial charge in [0.05, 0.1) is 11.4 Å². The van der Waals surface area contributed by atoms with Crippen LogP contribution in [0, 0.1) is 0 Å².